The highest BCUT2D eigenvalue weighted by atomic mass is 35.5. The number of para-hydroxylation sites is 2. The number of hydrogen-bond donors (Lipinski definition) is 1. The molecule has 1 aromatic carbocycles. The number of ether oxygens (including phenoxy) is 1. The summed E-state index contributed by atoms with van der Waals surface area (Å²) in [5.41, 5.74) is 0.248. The number of amides is 1. The number of anilines is 1. The molecule has 3 nitrogen and oxygen atoms in total. The van der Waals surface area contributed by atoms with Gasteiger partial charge in [-0.2, -0.15) is 13.2 Å². The van der Waals surface area contributed by atoms with Gasteiger partial charge in [0.15, 0.2) is 6.61 Å². The van der Waals surface area contributed by atoms with Crippen molar-refractivity contribution in [1.29, 1.82) is 0 Å². The van der Waals surface area contributed by atoms with Crippen LogP contribution in [-0.2, 0) is 0 Å². The summed E-state index contributed by atoms with van der Waals surface area (Å²) in [4.78, 5) is 12.1. The molecule has 22 heavy (non-hydrogen) atoms. The summed E-state index contributed by atoms with van der Waals surface area (Å²) in [6.07, 6.45) is -4.47. The number of halogens is 5. The Hall–Kier alpha value is -1.44. The topological polar surface area (TPSA) is 38.3 Å². The summed E-state index contributed by atoms with van der Waals surface area (Å²) in [5.74, 6) is -0.679. The first-order chi connectivity index (χ1) is 10.3. The molecule has 9 heteroatoms. The van der Waals surface area contributed by atoms with Gasteiger partial charge in [-0.1, -0.05) is 35.3 Å². The molecule has 2 aromatic rings. The molecule has 0 saturated carbocycles. The number of hydrogen-bond acceptors (Lipinski definition) is 3. The van der Waals surface area contributed by atoms with Gasteiger partial charge in [-0.05, 0) is 18.2 Å². The molecule has 0 saturated heterocycles. The highest BCUT2D eigenvalue weighted by molar-refractivity contribution is 7.20. The minimum Gasteiger partial charge on any atom is -0.482 e. The summed E-state index contributed by atoms with van der Waals surface area (Å²) in [5, 5.41) is 2.45. The van der Waals surface area contributed by atoms with Gasteiger partial charge in [0.05, 0.1) is 15.6 Å². The highest BCUT2D eigenvalue weighted by Gasteiger charge is 2.29. The lowest BCUT2D eigenvalue weighted by molar-refractivity contribution is -0.153. The Bertz CT molecular complexity index is 688. The van der Waals surface area contributed by atoms with Crippen molar-refractivity contribution in [3.05, 3.63) is 44.6 Å². The molecule has 0 aliphatic rings. The first-order valence-corrected chi connectivity index (χ1v) is 7.38. The summed E-state index contributed by atoms with van der Waals surface area (Å²) >= 11 is 12.6. The number of thiophene rings is 1. The number of carbonyl (C=O) groups excluding carboxylic acids is 1. The number of nitrogens with one attached hydrogen (secondary N) is 1. The number of carbonyl (C=O) groups is 1. The van der Waals surface area contributed by atoms with Crippen LogP contribution in [0.15, 0.2) is 30.3 Å². The smallest absolute Gasteiger partial charge is 0.422 e. The molecule has 1 N–H and O–H groups in total. The number of benzene rings is 1. The van der Waals surface area contributed by atoms with Gasteiger partial charge in [-0.25, -0.2) is 0 Å². The molecule has 0 spiro atoms. The molecule has 0 atom stereocenters. The van der Waals surface area contributed by atoms with Crippen molar-refractivity contribution in [2.45, 2.75) is 6.18 Å². The predicted molar refractivity (Wildman–Crippen MR) is 80.3 cm³/mol. The van der Waals surface area contributed by atoms with Crippen molar-refractivity contribution in [3.8, 4) is 5.75 Å². The molecule has 0 radical (unpaired) electrons. The molecule has 0 aliphatic carbocycles. The SMILES string of the molecule is O=C(Nc1ccccc1OCC(F)(F)F)c1cc(Cl)sc1Cl. The largest absolute Gasteiger partial charge is 0.482 e. The minimum atomic E-state index is -4.47. The van der Waals surface area contributed by atoms with Crippen LogP contribution in [0.25, 0.3) is 0 Å². The van der Waals surface area contributed by atoms with Crippen molar-refractivity contribution < 1.29 is 22.7 Å². The van der Waals surface area contributed by atoms with Gasteiger partial charge in [0, 0.05) is 0 Å². The van der Waals surface area contributed by atoms with Crippen LogP contribution in [0.3, 0.4) is 0 Å². The van der Waals surface area contributed by atoms with E-state index in [1.54, 1.807) is 6.07 Å². The van der Waals surface area contributed by atoms with Crippen LogP contribution >= 0.6 is 34.5 Å². The molecular formula is C13H8Cl2F3NO2S. The van der Waals surface area contributed by atoms with Gasteiger partial charge < -0.3 is 10.1 Å². The second kappa shape index (κ2) is 6.76. The van der Waals surface area contributed by atoms with Crippen LogP contribution < -0.4 is 10.1 Å². The molecule has 118 valence electrons. The zero-order valence-electron chi connectivity index (χ0n) is 10.7. The average molecular weight is 370 g/mol. The molecule has 0 bridgehead atoms. The quantitative estimate of drug-likeness (QED) is 0.799. The van der Waals surface area contributed by atoms with E-state index in [0.717, 1.165) is 11.3 Å². The van der Waals surface area contributed by atoms with Gasteiger partial charge in [0.2, 0.25) is 0 Å². The molecule has 0 unspecified atom stereocenters. The number of alkyl halides is 3. The third kappa shape index (κ3) is 4.53. The van der Waals surface area contributed by atoms with E-state index in [1.165, 1.54) is 24.3 Å². The molecule has 0 aliphatic heterocycles. The Morgan fingerprint density at radius 1 is 1.27 bits per heavy atom. The Morgan fingerprint density at radius 2 is 1.95 bits per heavy atom. The number of rotatable bonds is 4. The van der Waals surface area contributed by atoms with Crippen LogP contribution in [-0.4, -0.2) is 18.7 Å². The van der Waals surface area contributed by atoms with Crippen molar-refractivity contribution in [2.24, 2.45) is 0 Å². The van der Waals surface area contributed by atoms with E-state index >= 15 is 0 Å². The first kappa shape index (κ1) is 16.9. The van der Waals surface area contributed by atoms with Crippen molar-refractivity contribution in [3.63, 3.8) is 0 Å². The van der Waals surface area contributed by atoms with E-state index in [4.69, 9.17) is 23.2 Å². The lowest BCUT2D eigenvalue weighted by Crippen LogP contribution is -2.20. The zero-order valence-corrected chi connectivity index (χ0v) is 13.0. The Morgan fingerprint density at radius 3 is 2.55 bits per heavy atom. The van der Waals surface area contributed by atoms with E-state index in [9.17, 15) is 18.0 Å². The fourth-order valence-corrected chi connectivity index (χ4v) is 3.00. The molecule has 2 rings (SSSR count). The molecule has 1 heterocycles. The Kier molecular flexibility index (Phi) is 5.20. The maximum atomic E-state index is 12.2. The summed E-state index contributed by atoms with van der Waals surface area (Å²) in [6.45, 7) is -1.45. The van der Waals surface area contributed by atoms with Gasteiger partial charge in [0.1, 0.15) is 10.1 Å². The maximum absolute atomic E-state index is 12.2. The summed E-state index contributed by atoms with van der Waals surface area (Å²) < 4.78 is 41.8. The predicted octanol–water partition coefficient (Wildman–Crippen LogP) is 5.25. The van der Waals surface area contributed by atoms with Gasteiger partial charge in [-0.15, -0.1) is 11.3 Å². The van der Waals surface area contributed by atoms with Gasteiger partial charge in [-0.3, -0.25) is 4.79 Å². The van der Waals surface area contributed by atoms with E-state index < -0.39 is 18.7 Å². The minimum absolute atomic E-state index is 0.0920. The fraction of sp³-hybridized carbons (Fsp3) is 0.154. The Labute approximate surface area is 137 Å². The van der Waals surface area contributed by atoms with E-state index in [1.807, 2.05) is 0 Å². The van der Waals surface area contributed by atoms with Crippen LogP contribution in [0.2, 0.25) is 8.67 Å². The monoisotopic (exact) mass is 369 g/mol. The van der Waals surface area contributed by atoms with Crippen LogP contribution in [0, 0.1) is 0 Å². The van der Waals surface area contributed by atoms with Crippen molar-refractivity contribution >= 4 is 46.1 Å². The average Bonchev–Trinajstić information content (AvgIpc) is 2.76. The van der Waals surface area contributed by atoms with E-state index in [0.29, 0.717) is 4.34 Å². The third-order valence-corrected chi connectivity index (χ3v) is 3.92. The molecule has 1 aromatic heterocycles. The second-order valence-corrected chi connectivity index (χ2v) is 6.38. The van der Waals surface area contributed by atoms with Crippen LogP contribution in [0.1, 0.15) is 10.4 Å². The third-order valence-electron chi connectivity index (χ3n) is 2.43. The zero-order chi connectivity index (χ0) is 16.3. The molecular weight excluding hydrogens is 362 g/mol. The van der Waals surface area contributed by atoms with Crippen LogP contribution in [0.5, 0.6) is 5.75 Å². The standard InChI is InChI=1S/C13H8Cl2F3NO2S/c14-10-5-7(11(15)22-10)12(20)19-8-3-1-2-4-9(8)21-6-13(16,17)18/h1-5H,6H2,(H,19,20). The van der Waals surface area contributed by atoms with Gasteiger partial charge in [0.25, 0.3) is 5.91 Å². The maximum Gasteiger partial charge on any atom is 0.422 e. The normalized spacial score (nSPS) is 11.3. The van der Waals surface area contributed by atoms with Crippen LogP contribution in [0.4, 0.5) is 18.9 Å². The fourth-order valence-electron chi connectivity index (χ4n) is 1.54. The lowest BCUT2D eigenvalue weighted by atomic mass is 10.2. The first-order valence-electron chi connectivity index (χ1n) is 5.81. The highest BCUT2D eigenvalue weighted by Crippen LogP contribution is 2.33. The molecule has 0 fully saturated rings. The van der Waals surface area contributed by atoms with E-state index in [2.05, 4.69) is 10.1 Å². The van der Waals surface area contributed by atoms with Gasteiger partial charge >= 0.3 is 6.18 Å². The molecule has 1 amide bonds. The van der Waals surface area contributed by atoms with E-state index in [-0.39, 0.29) is 21.3 Å². The lowest BCUT2D eigenvalue weighted by Gasteiger charge is -2.13. The second-order valence-electron chi connectivity index (χ2n) is 4.09. The Balaban J connectivity index is 2.16. The summed E-state index contributed by atoms with van der Waals surface area (Å²) in [6, 6.07) is 7.17. The van der Waals surface area contributed by atoms with Crippen molar-refractivity contribution in [2.75, 3.05) is 11.9 Å². The van der Waals surface area contributed by atoms with Crippen molar-refractivity contribution in [1.82, 2.24) is 0 Å². The summed E-state index contributed by atoms with van der Waals surface area (Å²) in [7, 11) is 0.